The molecule has 1 aromatic carbocycles. The average molecular weight is 278 g/mol. The molecule has 2 aromatic heterocycles. The molecular weight excluding hydrogens is 270 g/mol. The van der Waals surface area contributed by atoms with Gasteiger partial charge in [-0.3, -0.25) is 0 Å². The first kappa shape index (κ1) is 11.2. The smallest absolute Gasteiger partial charge is 0.189 e. The Bertz CT molecular complexity index is 677. The van der Waals surface area contributed by atoms with Gasteiger partial charge in [-0.05, 0) is 40.1 Å². The van der Waals surface area contributed by atoms with Crippen LogP contribution in [0.2, 0.25) is 5.02 Å². The van der Waals surface area contributed by atoms with Crippen LogP contribution in [0.5, 0.6) is 0 Å². The number of anilines is 1. The maximum Gasteiger partial charge on any atom is 0.189 e. The summed E-state index contributed by atoms with van der Waals surface area (Å²) < 4.78 is 1.64. The lowest BCUT2D eigenvalue weighted by molar-refractivity contribution is 0.793. The summed E-state index contributed by atoms with van der Waals surface area (Å²) in [6.45, 7) is 0. The van der Waals surface area contributed by atoms with Crippen LogP contribution >= 0.6 is 22.9 Å². The van der Waals surface area contributed by atoms with Gasteiger partial charge in [0.1, 0.15) is 0 Å². The highest BCUT2D eigenvalue weighted by Gasteiger charge is 2.14. The number of benzene rings is 1. The Balaban J connectivity index is 2.19. The van der Waals surface area contributed by atoms with E-state index in [1.54, 1.807) is 34.2 Å². The van der Waals surface area contributed by atoms with E-state index in [9.17, 15) is 0 Å². The van der Waals surface area contributed by atoms with E-state index >= 15 is 0 Å². The second-order valence-corrected chi connectivity index (χ2v) is 4.84. The SMILES string of the molecule is Nc1ccc(Cl)cc1-c1nnnn1-c1ccsc1. The number of hydrogen-bond acceptors (Lipinski definition) is 5. The number of halogens is 1. The molecule has 2 heterocycles. The molecular formula is C11H8ClN5S. The molecule has 5 nitrogen and oxygen atoms in total. The Morgan fingerprint density at radius 3 is 2.94 bits per heavy atom. The molecule has 3 rings (SSSR count). The highest BCUT2D eigenvalue weighted by molar-refractivity contribution is 7.08. The summed E-state index contributed by atoms with van der Waals surface area (Å²) in [7, 11) is 0. The molecule has 0 aliphatic heterocycles. The van der Waals surface area contributed by atoms with Gasteiger partial charge >= 0.3 is 0 Å². The van der Waals surface area contributed by atoms with Gasteiger partial charge in [-0.2, -0.15) is 16.0 Å². The molecule has 0 saturated heterocycles. The summed E-state index contributed by atoms with van der Waals surface area (Å²) in [4.78, 5) is 0. The molecule has 2 N–H and O–H groups in total. The van der Waals surface area contributed by atoms with Crippen molar-refractivity contribution >= 4 is 28.6 Å². The molecule has 0 spiro atoms. The standard InChI is InChI=1S/C11H8ClN5S/c12-7-1-2-10(13)9(5-7)11-14-15-16-17(11)8-3-4-18-6-8/h1-6H,13H2. The number of thiophene rings is 1. The van der Waals surface area contributed by atoms with E-state index in [4.69, 9.17) is 17.3 Å². The third kappa shape index (κ3) is 1.85. The molecule has 0 radical (unpaired) electrons. The minimum absolute atomic E-state index is 0.577. The fraction of sp³-hybridized carbons (Fsp3) is 0. The number of nitrogen functional groups attached to an aromatic ring is 1. The van der Waals surface area contributed by atoms with E-state index in [2.05, 4.69) is 15.5 Å². The quantitative estimate of drug-likeness (QED) is 0.731. The Hall–Kier alpha value is -1.92. The van der Waals surface area contributed by atoms with Crippen molar-refractivity contribution < 1.29 is 0 Å². The Morgan fingerprint density at radius 2 is 2.17 bits per heavy atom. The lowest BCUT2D eigenvalue weighted by Crippen LogP contribution is -2.00. The van der Waals surface area contributed by atoms with E-state index in [-0.39, 0.29) is 0 Å². The van der Waals surface area contributed by atoms with Gasteiger partial charge in [0.05, 0.1) is 5.69 Å². The topological polar surface area (TPSA) is 69.6 Å². The number of rotatable bonds is 2. The number of nitrogens with two attached hydrogens (primary N) is 1. The minimum atomic E-state index is 0.577. The molecule has 0 bridgehead atoms. The lowest BCUT2D eigenvalue weighted by Gasteiger charge is -2.05. The molecule has 0 amide bonds. The highest BCUT2D eigenvalue weighted by Crippen LogP contribution is 2.28. The molecule has 18 heavy (non-hydrogen) atoms. The zero-order chi connectivity index (χ0) is 12.5. The fourth-order valence-electron chi connectivity index (χ4n) is 1.63. The van der Waals surface area contributed by atoms with Crippen LogP contribution in [-0.4, -0.2) is 20.2 Å². The Kier molecular flexibility index (Phi) is 2.73. The molecule has 3 aromatic rings. The normalized spacial score (nSPS) is 10.7. The summed E-state index contributed by atoms with van der Waals surface area (Å²) in [6, 6.07) is 7.17. The van der Waals surface area contributed by atoms with Gasteiger partial charge in [0.15, 0.2) is 5.82 Å². The van der Waals surface area contributed by atoms with Crippen molar-refractivity contribution in [2.24, 2.45) is 0 Å². The predicted octanol–water partition coefficient (Wildman–Crippen LogP) is 2.63. The van der Waals surface area contributed by atoms with Gasteiger partial charge in [-0.15, -0.1) is 5.10 Å². The van der Waals surface area contributed by atoms with Crippen molar-refractivity contribution in [2.75, 3.05) is 5.73 Å². The van der Waals surface area contributed by atoms with E-state index in [1.807, 2.05) is 16.8 Å². The molecule has 7 heteroatoms. The highest BCUT2D eigenvalue weighted by atomic mass is 35.5. The van der Waals surface area contributed by atoms with Gasteiger partial charge in [-0.25, -0.2) is 0 Å². The van der Waals surface area contributed by atoms with Crippen molar-refractivity contribution in [3.63, 3.8) is 0 Å². The first-order valence-corrected chi connectivity index (χ1v) is 6.44. The second-order valence-electron chi connectivity index (χ2n) is 3.63. The minimum Gasteiger partial charge on any atom is -0.398 e. The molecule has 90 valence electrons. The van der Waals surface area contributed by atoms with Crippen LogP contribution in [0.3, 0.4) is 0 Å². The number of hydrogen-bond donors (Lipinski definition) is 1. The lowest BCUT2D eigenvalue weighted by atomic mass is 10.1. The maximum atomic E-state index is 5.98. The Labute approximate surface area is 112 Å². The van der Waals surface area contributed by atoms with Crippen LogP contribution in [-0.2, 0) is 0 Å². The van der Waals surface area contributed by atoms with Crippen LogP contribution < -0.4 is 5.73 Å². The molecule has 0 fully saturated rings. The van der Waals surface area contributed by atoms with Gasteiger partial charge < -0.3 is 5.73 Å². The third-order valence-corrected chi connectivity index (χ3v) is 3.38. The van der Waals surface area contributed by atoms with E-state index in [0.717, 1.165) is 11.3 Å². The molecule has 0 unspecified atom stereocenters. The predicted molar refractivity (Wildman–Crippen MR) is 71.9 cm³/mol. The third-order valence-electron chi connectivity index (χ3n) is 2.48. The fourth-order valence-corrected chi connectivity index (χ4v) is 2.42. The maximum absolute atomic E-state index is 5.98. The molecule has 0 aliphatic carbocycles. The number of nitrogens with zero attached hydrogens (tertiary/aromatic N) is 4. The molecule has 0 atom stereocenters. The summed E-state index contributed by atoms with van der Waals surface area (Å²) in [6.07, 6.45) is 0. The monoisotopic (exact) mass is 277 g/mol. The first-order valence-electron chi connectivity index (χ1n) is 5.12. The summed E-state index contributed by atoms with van der Waals surface area (Å²) in [5.41, 5.74) is 8.15. The van der Waals surface area contributed by atoms with Gasteiger partial charge in [0.25, 0.3) is 0 Å². The zero-order valence-corrected chi connectivity index (χ0v) is 10.7. The van der Waals surface area contributed by atoms with Crippen molar-refractivity contribution in [3.05, 3.63) is 40.0 Å². The number of aromatic nitrogens is 4. The van der Waals surface area contributed by atoms with Crippen molar-refractivity contribution in [3.8, 4) is 17.1 Å². The largest absolute Gasteiger partial charge is 0.398 e. The van der Waals surface area contributed by atoms with E-state index in [1.165, 1.54) is 0 Å². The Morgan fingerprint density at radius 1 is 1.28 bits per heavy atom. The van der Waals surface area contributed by atoms with Crippen molar-refractivity contribution in [1.29, 1.82) is 0 Å². The first-order chi connectivity index (χ1) is 8.75. The average Bonchev–Trinajstić information content (AvgIpc) is 3.00. The molecule has 0 aliphatic rings. The summed E-state index contributed by atoms with van der Waals surface area (Å²) in [5.74, 6) is 0.577. The van der Waals surface area contributed by atoms with E-state index < -0.39 is 0 Å². The summed E-state index contributed by atoms with van der Waals surface area (Å²) in [5, 5.41) is 16.2. The van der Waals surface area contributed by atoms with Crippen LogP contribution in [0.25, 0.3) is 17.1 Å². The summed E-state index contributed by atoms with van der Waals surface area (Å²) >= 11 is 7.55. The van der Waals surface area contributed by atoms with E-state index in [0.29, 0.717) is 16.5 Å². The van der Waals surface area contributed by atoms with Crippen LogP contribution in [0.4, 0.5) is 5.69 Å². The van der Waals surface area contributed by atoms with Crippen LogP contribution in [0.1, 0.15) is 0 Å². The second kappa shape index (κ2) is 4.40. The van der Waals surface area contributed by atoms with Gasteiger partial charge in [0.2, 0.25) is 0 Å². The van der Waals surface area contributed by atoms with Gasteiger partial charge in [-0.1, -0.05) is 11.6 Å². The molecule has 0 saturated carbocycles. The van der Waals surface area contributed by atoms with Gasteiger partial charge in [0, 0.05) is 21.7 Å². The van der Waals surface area contributed by atoms with Crippen molar-refractivity contribution in [1.82, 2.24) is 20.2 Å². The van der Waals surface area contributed by atoms with Crippen molar-refractivity contribution in [2.45, 2.75) is 0 Å². The number of tetrazole rings is 1. The van der Waals surface area contributed by atoms with Crippen LogP contribution in [0.15, 0.2) is 35.0 Å². The van der Waals surface area contributed by atoms with Crippen LogP contribution in [0, 0.1) is 0 Å². The zero-order valence-electron chi connectivity index (χ0n) is 9.12.